The van der Waals surface area contributed by atoms with E-state index in [-0.39, 0.29) is 0 Å². The van der Waals surface area contributed by atoms with Crippen LogP contribution in [0, 0.1) is 5.92 Å². The fourth-order valence-corrected chi connectivity index (χ4v) is 3.62. The fourth-order valence-electron chi connectivity index (χ4n) is 3.62. The van der Waals surface area contributed by atoms with Crippen LogP contribution in [0.15, 0.2) is 0 Å². The number of nitrogens with one attached hydrogen (secondary N) is 1. The summed E-state index contributed by atoms with van der Waals surface area (Å²) in [5, 5.41) is 3.46. The Morgan fingerprint density at radius 2 is 1.35 bits per heavy atom. The van der Waals surface area contributed by atoms with Gasteiger partial charge in [-0.3, -0.25) is 4.90 Å². The summed E-state index contributed by atoms with van der Waals surface area (Å²) in [6, 6.07) is 0.651. The van der Waals surface area contributed by atoms with Crippen LogP contribution in [0.3, 0.4) is 0 Å². The molecular weight excluding hydrogens is 256 g/mol. The number of nitrogens with zero attached hydrogens (tertiary/aromatic N) is 1. The second-order valence-electron chi connectivity index (χ2n) is 6.69. The van der Waals surface area contributed by atoms with Gasteiger partial charge in [0.05, 0.1) is 38.1 Å². The molecule has 20 heavy (non-hydrogen) atoms. The maximum atomic E-state index is 5.52. The van der Waals surface area contributed by atoms with Gasteiger partial charge in [0.15, 0.2) is 0 Å². The lowest BCUT2D eigenvalue weighted by Crippen LogP contribution is -2.51. The van der Waals surface area contributed by atoms with E-state index in [1.165, 1.54) is 32.4 Å². The van der Waals surface area contributed by atoms with E-state index in [2.05, 4.69) is 10.2 Å². The van der Waals surface area contributed by atoms with E-state index in [0.29, 0.717) is 30.3 Å². The van der Waals surface area contributed by atoms with Crippen LogP contribution >= 0.6 is 0 Å². The van der Waals surface area contributed by atoms with Gasteiger partial charge in [0.2, 0.25) is 0 Å². The van der Waals surface area contributed by atoms with Crippen molar-refractivity contribution in [2.75, 3.05) is 46.0 Å². The number of epoxide rings is 3. The Kier molecular flexibility index (Phi) is 3.96. The van der Waals surface area contributed by atoms with Gasteiger partial charge in [0.25, 0.3) is 0 Å². The third kappa shape index (κ3) is 3.71. The fraction of sp³-hybridized carbons (Fsp3) is 1.00. The standard InChI is InChI=1S/C15H26N2O3/c1-3-17(4-2-16-1)15(7-14-10-20-14)11(5-12-8-18-12)6-13-9-19-13/h11-16H,1-10H2. The average molecular weight is 282 g/mol. The maximum absolute atomic E-state index is 5.52. The third-order valence-electron chi connectivity index (χ3n) is 5.01. The maximum Gasteiger partial charge on any atom is 0.0825 e. The highest BCUT2D eigenvalue weighted by Gasteiger charge is 2.40. The topological polar surface area (TPSA) is 52.9 Å². The highest BCUT2D eigenvalue weighted by Crippen LogP contribution is 2.35. The molecule has 0 amide bonds. The van der Waals surface area contributed by atoms with Gasteiger partial charge < -0.3 is 19.5 Å². The van der Waals surface area contributed by atoms with Crippen molar-refractivity contribution in [1.82, 2.24) is 10.2 Å². The first-order valence-electron chi connectivity index (χ1n) is 8.18. The number of piperazine rings is 1. The lowest BCUT2D eigenvalue weighted by Gasteiger charge is -2.39. The van der Waals surface area contributed by atoms with Crippen molar-refractivity contribution in [1.29, 1.82) is 0 Å². The van der Waals surface area contributed by atoms with Gasteiger partial charge in [-0.1, -0.05) is 0 Å². The number of rotatable bonds is 8. The quantitative estimate of drug-likeness (QED) is 0.647. The van der Waals surface area contributed by atoms with E-state index in [0.717, 1.165) is 32.9 Å². The first-order chi connectivity index (χ1) is 9.88. The van der Waals surface area contributed by atoms with Gasteiger partial charge in [-0.2, -0.15) is 0 Å². The first kappa shape index (κ1) is 13.5. The van der Waals surface area contributed by atoms with Gasteiger partial charge >= 0.3 is 0 Å². The molecule has 5 heteroatoms. The lowest BCUT2D eigenvalue weighted by atomic mass is 9.86. The SMILES string of the molecule is C1CN(C(CC2CO2)C(CC2CO2)CC2CO2)CCN1. The molecule has 4 saturated heterocycles. The van der Waals surface area contributed by atoms with Gasteiger partial charge in [-0.25, -0.2) is 0 Å². The largest absolute Gasteiger partial charge is 0.373 e. The normalized spacial score (nSPS) is 39.3. The summed E-state index contributed by atoms with van der Waals surface area (Å²) < 4.78 is 16.5. The van der Waals surface area contributed by atoms with Crippen LogP contribution in [0.4, 0.5) is 0 Å². The molecule has 4 heterocycles. The minimum Gasteiger partial charge on any atom is -0.373 e. The Balaban J connectivity index is 1.42. The summed E-state index contributed by atoms with van der Waals surface area (Å²) in [4.78, 5) is 2.69. The molecule has 0 radical (unpaired) electrons. The molecule has 4 fully saturated rings. The summed E-state index contributed by atoms with van der Waals surface area (Å²) in [5.41, 5.74) is 0. The molecule has 4 atom stereocenters. The smallest absolute Gasteiger partial charge is 0.0825 e. The average Bonchev–Trinajstić information content (AvgIpc) is 3.32. The zero-order valence-electron chi connectivity index (χ0n) is 12.1. The van der Waals surface area contributed by atoms with Gasteiger partial charge in [-0.05, 0) is 25.2 Å². The summed E-state index contributed by atoms with van der Waals surface area (Å²) in [5.74, 6) is 0.706. The minimum atomic E-state index is 0.512. The Morgan fingerprint density at radius 3 is 1.85 bits per heavy atom. The third-order valence-corrected chi connectivity index (χ3v) is 5.01. The molecule has 5 nitrogen and oxygen atoms in total. The van der Waals surface area contributed by atoms with E-state index < -0.39 is 0 Å². The molecule has 0 aliphatic carbocycles. The van der Waals surface area contributed by atoms with Crippen LogP contribution in [0.2, 0.25) is 0 Å². The molecule has 0 spiro atoms. The van der Waals surface area contributed by atoms with Gasteiger partial charge in [-0.15, -0.1) is 0 Å². The molecule has 4 aliphatic rings. The van der Waals surface area contributed by atoms with Crippen LogP contribution in [0.1, 0.15) is 19.3 Å². The summed E-state index contributed by atoms with van der Waals surface area (Å²) >= 11 is 0. The molecule has 4 unspecified atom stereocenters. The van der Waals surface area contributed by atoms with E-state index >= 15 is 0 Å². The molecule has 0 saturated carbocycles. The van der Waals surface area contributed by atoms with Crippen LogP contribution in [-0.4, -0.2) is 75.3 Å². The second kappa shape index (κ2) is 5.89. The zero-order chi connectivity index (χ0) is 13.4. The Morgan fingerprint density at radius 1 is 0.850 bits per heavy atom. The van der Waals surface area contributed by atoms with Crippen molar-refractivity contribution in [2.24, 2.45) is 5.92 Å². The highest BCUT2D eigenvalue weighted by atomic mass is 16.6. The molecule has 0 aromatic heterocycles. The second-order valence-corrected chi connectivity index (χ2v) is 6.69. The molecular formula is C15H26N2O3. The molecule has 1 N–H and O–H groups in total. The van der Waals surface area contributed by atoms with Gasteiger partial charge in [0, 0.05) is 32.2 Å². The predicted octanol–water partition coefficient (Wildman–Crippen LogP) is 0.243. The monoisotopic (exact) mass is 282 g/mol. The predicted molar refractivity (Wildman–Crippen MR) is 74.8 cm³/mol. The molecule has 0 bridgehead atoms. The van der Waals surface area contributed by atoms with E-state index in [1.807, 2.05) is 0 Å². The molecule has 0 aromatic carbocycles. The lowest BCUT2D eigenvalue weighted by molar-refractivity contribution is 0.0916. The van der Waals surface area contributed by atoms with Crippen molar-refractivity contribution in [2.45, 2.75) is 43.6 Å². The first-order valence-corrected chi connectivity index (χ1v) is 8.18. The van der Waals surface area contributed by atoms with Gasteiger partial charge in [0.1, 0.15) is 0 Å². The van der Waals surface area contributed by atoms with Crippen molar-refractivity contribution >= 4 is 0 Å². The van der Waals surface area contributed by atoms with Crippen molar-refractivity contribution in [3.05, 3.63) is 0 Å². The molecule has 114 valence electrons. The molecule has 4 aliphatic heterocycles. The Hall–Kier alpha value is -0.200. The number of hydrogen-bond donors (Lipinski definition) is 1. The minimum absolute atomic E-state index is 0.512. The summed E-state index contributed by atoms with van der Waals surface area (Å²) in [6.07, 6.45) is 5.16. The van der Waals surface area contributed by atoms with Crippen LogP contribution in [0.5, 0.6) is 0 Å². The van der Waals surface area contributed by atoms with Crippen LogP contribution in [0.25, 0.3) is 0 Å². The van der Waals surface area contributed by atoms with Crippen molar-refractivity contribution in [3.8, 4) is 0 Å². The highest BCUT2D eigenvalue weighted by molar-refractivity contribution is 4.92. The number of ether oxygens (including phenoxy) is 3. The Bertz CT molecular complexity index is 309. The van der Waals surface area contributed by atoms with Crippen molar-refractivity contribution in [3.63, 3.8) is 0 Å². The summed E-state index contributed by atoms with van der Waals surface area (Å²) in [6.45, 7) is 7.49. The summed E-state index contributed by atoms with van der Waals surface area (Å²) in [7, 11) is 0. The zero-order valence-corrected chi connectivity index (χ0v) is 12.1. The molecule has 4 rings (SSSR count). The van der Waals surface area contributed by atoms with E-state index in [9.17, 15) is 0 Å². The molecule has 0 aromatic rings. The van der Waals surface area contributed by atoms with E-state index in [4.69, 9.17) is 14.2 Å². The number of hydrogen-bond acceptors (Lipinski definition) is 5. The Labute approximate surface area is 120 Å². The van der Waals surface area contributed by atoms with Crippen LogP contribution < -0.4 is 5.32 Å². The van der Waals surface area contributed by atoms with E-state index in [1.54, 1.807) is 0 Å². The van der Waals surface area contributed by atoms with Crippen LogP contribution in [-0.2, 0) is 14.2 Å². The van der Waals surface area contributed by atoms with Crippen molar-refractivity contribution < 1.29 is 14.2 Å².